The first-order valence-electron chi connectivity index (χ1n) is 6.53. The first-order chi connectivity index (χ1) is 9.58. The van der Waals surface area contributed by atoms with Crippen molar-refractivity contribution >= 4 is 5.84 Å². The van der Waals surface area contributed by atoms with E-state index in [-0.39, 0.29) is 17.7 Å². The number of hydrogen-bond acceptors (Lipinski definition) is 3. The van der Waals surface area contributed by atoms with Crippen LogP contribution in [-0.4, -0.2) is 17.0 Å². The van der Waals surface area contributed by atoms with Gasteiger partial charge in [-0.1, -0.05) is 30.3 Å². The normalized spacial score (nSPS) is 16.6. The van der Waals surface area contributed by atoms with E-state index < -0.39 is 0 Å². The molecule has 1 aliphatic rings. The van der Waals surface area contributed by atoms with Crippen LogP contribution in [0.25, 0.3) is 11.1 Å². The molecule has 1 unspecified atom stereocenters. The fourth-order valence-corrected chi connectivity index (χ4v) is 2.68. The number of aromatic hydroxyl groups is 1. The summed E-state index contributed by atoms with van der Waals surface area (Å²) >= 11 is 0. The van der Waals surface area contributed by atoms with Gasteiger partial charge in [0.1, 0.15) is 29.0 Å². The van der Waals surface area contributed by atoms with Gasteiger partial charge in [0.2, 0.25) is 0 Å². The van der Waals surface area contributed by atoms with Gasteiger partial charge in [0, 0.05) is 12.0 Å². The maximum Gasteiger partial charge on any atom is 0.138 e. The van der Waals surface area contributed by atoms with Gasteiger partial charge < -0.3 is 15.6 Å². The molecule has 2 aromatic carbocycles. The van der Waals surface area contributed by atoms with Crippen LogP contribution in [-0.2, 0) is 6.42 Å². The van der Waals surface area contributed by atoms with Crippen molar-refractivity contribution in [2.45, 2.75) is 19.4 Å². The van der Waals surface area contributed by atoms with Gasteiger partial charge in [0.15, 0.2) is 0 Å². The summed E-state index contributed by atoms with van der Waals surface area (Å²) < 4.78 is 5.76. The molecule has 2 aromatic rings. The van der Waals surface area contributed by atoms with Gasteiger partial charge in [-0.3, -0.25) is 5.41 Å². The van der Waals surface area contributed by atoms with Crippen molar-refractivity contribution in [2.24, 2.45) is 5.73 Å². The molecule has 0 aliphatic carbocycles. The summed E-state index contributed by atoms with van der Waals surface area (Å²) in [4.78, 5) is 0. The molecular weight excluding hydrogens is 252 g/mol. The van der Waals surface area contributed by atoms with Gasteiger partial charge in [-0.05, 0) is 24.1 Å². The highest BCUT2D eigenvalue weighted by Crippen LogP contribution is 2.43. The Labute approximate surface area is 117 Å². The number of hydrogen-bond donors (Lipinski definition) is 3. The highest BCUT2D eigenvalue weighted by atomic mass is 16.5. The number of nitrogens with one attached hydrogen (secondary N) is 1. The van der Waals surface area contributed by atoms with Gasteiger partial charge in [-0.25, -0.2) is 0 Å². The minimum atomic E-state index is -0.174. The zero-order chi connectivity index (χ0) is 14.3. The lowest BCUT2D eigenvalue weighted by molar-refractivity contribution is 0.253. The zero-order valence-electron chi connectivity index (χ0n) is 11.2. The van der Waals surface area contributed by atoms with Crippen LogP contribution in [0.2, 0.25) is 0 Å². The Morgan fingerprint density at radius 2 is 2.05 bits per heavy atom. The molecule has 0 aromatic heterocycles. The van der Waals surface area contributed by atoms with Crippen molar-refractivity contribution in [3.8, 4) is 22.6 Å². The Morgan fingerprint density at radius 3 is 2.70 bits per heavy atom. The van der Waals surface area contributed by atoms with Crippen LogP contribution in [0, 0.1) is 5.41 Å². The molecule has 3 rings (SSSR count). The number of phenols is 1. The molecule has 1 atom stereocenters. The average molecular weight is 268 g/mol. The van der Waals surface area contributed by atoms with Crippen LogP contribution in [0.3, 0.4) is 0 Å². The van der Waals surface area contributed by atoms with E-state index >= 15 is 0 Å². The number of nitrogen functional groups attached to an aromatic ring is 1. The quantitative estimate of drug-likeness (QED) is 0.578. The molecule has 0 saturated heterocycles. The molecule has 0 fully saturated rings. The first-order valence-corrected chi connectivity index (χ1v) is 6.53. The Kier molecular flexibility index (Phi) is 2.86. The Hall–Kier alpha value is -2.49. The third-order valence-electron chi connectivity index (χ3n) is 3.53. The lowest BCUT2D eigenvalue weighted by atomic mass is 9.94. The van der Waals surface area contributed by atoms with E-state index in [1.165, 1.54) is 0 Å². The van der Waals surface area contributed by atoms with Crippen LogP contribution in [0.15, 0.2) is 36.4 Å². The second-order valence-electron chi connectivity index (χ2n) is 5.04. The van der Waals surface area contributed by atoms with Gasteiger partial charge in [-0.15, -0.1) is 0 Å². The molecule has 4 nitrogen and oxygen atoms in total. The van der Waals surface area contributed by atoms with Crippen molar-refractivity contribution in [2.75, 3.05) is 0 Å². The number of rotatable bonds is 2. The van der Waals surface area contributed by atoms with Gasteiger partial charge in [0.25, 0.3) is 0 Å². The van der Waals surface area contributed by atoms with E-state index in [9.17, 15) is 5.11 Å². The van der Waals surface area contributed by atoms with Crippen molar-refractivity contribution < 1.29 is 9.84 Å². The van der Waals surface area contributed by atoms with Crippen LogP contribution in [0.4, 0.5) is 0 Å². The van der Waals surface area contributed by atoms with E-state index in [4.69, 9.17) is 15.9 Å². The average Bonchev–Trinajstić information content (AvgIpc) is 2.79. The topological polar surface area (TPSA) is 79.3 Å². The van der Waals surface area contributed by atoms with Crippen molar-refractivity contribution in [1.82, 2.24) is 0 Å². The summed E-state index contributed by atoms with van der Waals surface area (Å²) in [6.07, 6.45) is 0.771. The molecule has 0 spiro atoms. The monoisotopic (exact) mass is 268 g/mol. The van der Waals surface area contributed by atoms with Gasteiger partial charge >= 0.3 is 0 Å². The Morgan fingerprint density at radius 1 is 1.35 bits per heavy atom. The van der Waals surface area contributed by atoms with Gasteiger partial charge in [0.05, 0.1) is 0 Å². The van der Waals surface area contributed by atoms with Crippen LogP contribution >= 0.6 is 0 Å². The maximum atomic E-state index is 10.2. The largest absolute Gasteiger partial charge is 0.507 e. The molecule has 0 radical (unpaired) electrons. The predicted octanol–water partition coefficient (Wildman–Crippen LogP) is 2.67. The van der Waals surface area contributed by atoms with Crippen LogP contribution in [0.5, 0.6) is 11.5 Å². The highest BCUT2D eigenvalue weighted by molar-refractivity contribution is 6.02. The smallest absolute Gasteiger partial charge is 0.138 e. The molecular formula is C16H16N2O2. The minimum Gasteiger partial charge on any atom is -0.507 e. The Bertz CT molecular complexity index is 681. The number of amidine groups is 1. The number of benzene rings is 2. The number of ether oxygens (including phenoxy) is 1. The number of phenolic OH excluding ortho intramolecular Hbond substituents is 1. The van der Waals surface area contributed by atoms with Crippen molar-refractivity contribution in [3.63, 3.8) is 0 Å². The first kappa shape index (κ1) is 12.5. The highest BCUT2D eigenvalue weighted by Gasteiger charge is 2.29. The van der Waals surface area contributed by atoms with Crippen molar-refractivity contribution in [3.05, 3.63) is 47.5 Å². The van der Waals surface area contributed by atoms with Crippen LogP contribution in [0.1, 0.15) is 18.1 Å². The molecule has 4 heteroatoms. The number of fused-ring (bicyclic) bond motifs is 1. The summed E-state index contributed by atoms with van der Waals surface area (Å²) in [5.41, 5.74) is 8.82. The number of nitrogens with two attached hydrogens (primary N) is 1. The third-order valence-corrected chi connectivity index (χ3v) is 3.53. The summed E-state index contributed by atoms with van der Waals surface area (Å²) in [5, 5.41) is 17.8. The van der Waals surface area contributed by atoms with Crippen LogP contribution < -0.4 is 10.5 Å². The second-order valence-corrected chi connectivity index (χ2v) is 5.04. The predicted molar refractivity (Wildman–Crippen MR) is 78.4 cm³/mol. The van der Waals surface area contributed by atoms with E-state index in [0.717, 1.165) is 23.1 Å². The van der Waals surface area contributed by atoms with Gasteiger partial charge in [-0.2, -0.15) is 0 Å². The fourth-order valence-electron chi connectivity index (χ4n) is 2.68. The fraction of sp³-hybridized carbons (Fsp3) is 0.188. The molecule has 1 heterocycles. The molecule has 0 amide bonds. The summed E-state index contributed by atoms with van der Waals surface area (Å²) in [6, 6.07) is 11.5. The zero-order valence-corrected chi connectivity index (χ0v) is 11.2. The Balaban J connectivity index is 2.27. The third kappa shape index (κ3) is 1.90. The lowest BCUT2D eigenvalue weighted by Crippen LogP contribution is -2.14. The van der Waals surface area contributed by atoms with E-state index in [0.29, 0.717) is 11.3 Å². The second kappa shape index (κ2) is 4.56. The molecule has 4 N–H and O–H groups in total. The minimum absolute atomic E-state index is 0.01000. The molecule has 102 valence electrons. The molecule has 0 saturated carbocycles. The molecule has 0 bridgehead atoms. The van der Waals surface area contributed by atoms with E-state index in [1.807, 2.05) is 37.3 Å². The summed E-state index contributed by atoms with van der Waals surface area (Å²) in [5.74, 6) is 0.362. The maximum absolute atomic E-state index is 10.2. The molecule has 20 heavy (non-hydrogen) atoms. The SMILES string of the molecule is CC1Cc2c(-c3ccccc3)cc(O)c(C(=N)N)c2O1. The lowest BCUT2D eigenvalue weighted by Gasteiger charge is -2.13. The van der Waals surface area contributed by atoms with Crippen molar-refractivity contribution in [1.29, 1.82) is 5.41 Å². The summed E-state index contributed by atoms with van der Waals surface area (Å²) in [7, 11) is 0. The van der Waals surface area contributed by atoms with E-state index in [2.05, 4.69) is 0 Å². The standard InChI is InChI=1S/C16H16N2O2/c1-9-7-12-11(10-5-3-2-4-6-10)8-13(19)14(16(17)18)15(12)20-9/h2-6,8-9,19H,7H2,1H3,(H3,17,18). The van der Waals surface area contributed by atoms with E-state index in [1.54, 1.807) is 6.07 Å². The summed E-state index contributed by atoms with van der Waals surface area (Å²) in [6.45, 7) is 1.97. The molecule has 1 aliphatic heterocycles.